The van der Waals surface area contributed by atoms with Gasteiger partial charge in [0.25, 0.3) is 0 Å². The first-order valence-corrected chi connectivity index (χ1v) is 9.35. The van der Waals surface area contributed by atoms with Gasteiger partial charge in [0.15, 0.2) is 0 Å². The van der Waals surface area contributed by atoms with Crippen molar-refractivity contribution in [2.75, 3.05) is 0 Å². The maximum Gasteiger partial charge on any atom is 0.128 e. The molecule has 138 valence electrons. The highest BCUT2D eigenvalue weighted by atomic mass is 16.5. The second-order valence-electron chi connectivity index (χ2n) is 6.89. The molecule has 0 amide bonds. The molecule has 4 aromatic rings. The number of aryl methyl sites for hydroxylation is 2. The van der Waals surface area contributed by atoms with Crippen LogP contribution >= 0.6 is 0 Å². The quantitative estimate of drug-likeness (QED) is 0.363. The second kappa shape index (κ2) is 8.01. The first kappa shape index (κ1) is 17.9. The molecular formula is C26H22O2. The molecule has 0 N–H and O–H groups in total. The Labute approximate surface area is 166 Å². The molecule has 0 radical (unpaired) electrons. The molecule has 0 saturated heterocycles. The highest BCUT2D eigenvalue weighted by molar-refractivity contribution is 5.67. The van der Waals surface area contributed by atoms with Gasteiger partial charge in [0.1, 0.15) is 23.0 Å². The van der Waals surface area contributed by atoms with Gasteiger partial charge in [-0.25, -0.2) is 0 Å². The van der Waals surface area contributed by atoms with Gasteiger partial charge in [-0.1, -0.05) is 59.7 Å². The Morgan fingerprint density at radius 3 is 1.21 bits per heavy atom. The van der Waals surface area contributed by atoms with Crippen LogP contribution in [-0.2, 0) is 0 Å². The molecule has 0 aliphatic heterocycles. The molecule has 0 heterocycles. The third-order valence-corrected chi connectivity index (χ3v) is 4.51. The highest BCUT2D eigenvalue weighted by Gasteiger charge is 2.04. The molecule has 0 atom stereocenters. The molecule has 2 nitrogen and oxygen atoms in total. The van der Waals surface area contributed by atoms with Gasteiger partial charge >= 0.3 is 0 Å². The van der Waals surface area contributed by atoms with Gasteiger partial charge in [-0.15, -0.1) is 0 Å². The summed E-state index contributed by atoms with van der Waals surface area (Å²) in [5.74, 6) is 3.29. The van der Waals surface area contributed by atoms with Gasteiger partial charge in [0, 0.05) is 0 Å². The molecule has 0 saturated carbocycles. The third-order valence-electron chi connectivity index (χ3n) is 4.51. The normalized spacial score (nSPS) is 10.5. The first-order chi connectivity index (χ1) is 13.7. The summed E-state index contributed by atoms with van der Waals surface area (Å²) in [4.78, 5) is 0. The Morgan fingerprint density at radius 2 is 0.821 bits per heavy atom. The van der Waals surface area contributed by atoms with Crippen molar-refractivity contribution in [2.45, 2.75) is 13.8 Å². The van der Waals surface area contributed by atoms with Gasteiger partial charge in [0.2, 0.25) is 0 Å². The fourth-order valence-corrected chi connectivity index (χ4v) is 2.96. The minimum atomic E-state index is 0.811. The van der Waals surface area contributed by atoms with Crippen molar-refractivity contribution >= 4 is 0 Å². The van der Waals surface area contributed by atoms with E-state index in [0.29, 0.717) is 0 Å². The summed E-state index contributed by atoms with van der Waals surface area (Å²) >= 11 is 0. The summed E-state index contributed by atoms with van der Waals surface area (Å²) in [5, 5.41) is 0. The van der Waals surface area contributed by atoms with E-state index in [1.807, 2.05) is 84.9 Å². The van der Waals surface area contributed by atoms with Gasteiger partial charge in [-0.3, -0.25) is 0 Å². The fraction of sp³-hybridized carbons (Fsp3) is 0.0769. The van der Waals surface area contributed by atoms with Crippen molar-refractivity contribution < 1.29 is 9.47 Å². The van der Waals surface area contributed by atoms with Crippen LogP contribution < -0.4 is 9.47 Å². The van der Waals surface area contributed by atoms with Gasteiger partial charge in [0.05, 0.1) is 0 Å². The van der Waals surface area contributed by atoms with E-state index in [1.54, 1.807) is 0 Å². The summed E-state index contributed by atoms with van der Waals surface area (Å²) in [6.45, 7) is 4.13. The number of hydrogen-bond acceptors (Lipinski definition) is 2. The number of benzene rings is 4. The average molecular weight is 366 g/mol. The molecule has 0 aliphatic carbocycles. The zero-order valence-electron chi connectivity index (χ0n) is 16.1. The van der Waals surface area contributed by atoms with Crippen LogP contribution in [0.1, 0.15) is 11.1 Å². The van der Waals surface area contributed by atoms with Crippen molar-refractivity contribution in [2.24, 2.45) is 0 Å². The van der Waals surface area contributed by atoms with E-state index in [1.165, 1.54) is 11.1 Å². The van der Waals surface area contributed by atoms with E-state index < -0.39 is 0 Å². The van der Waals surface area contributed by atoms with Gasteiger partial charge in [-0.05, 0) is 73.5 Å². The molecule has 0 aromatic heterocycles. The maximum absolute atomic E-state index is 6.00. The van der Waals surface area contributed by atoms with E-state index in [9.17, 15) is 0 Å². The van der Waals surface area contributed by atoms with Crippen molar-refractivity contribution in [1.82, 2.24) is 0 Å². The first-order valence-electron chi connectivity index (χ1n) is 9.35. The van der Waals surface area contributed by atoms with Gasteiger partial charge in [-0.2, -0.15) is 0 Å². The van der Waals surface area contributed by atoms with Crippen LogP contribution in [0.2, 0.25) is 0 Å². The lowest BCUT2D eigenvalue weighted by Crippen LogP contribution is -1.87. The standard InChI is InChI=1S/C26H22O2/c1-19-9-13-23(14-10-19)27-25-7-3-5-21(17-25)22-6-4-8-26(18-22)28-24-15-11-20(2)12-16-24/h3-18H,1-2H3. The van der Waals surface area contributed by atoms with Crippen molar-refractivity contribution in [1.29, 1.82) is 0 Å². The Kier molecular flexibility index (Phi) is 5.11. The van der Waals surface area contributed by atoms with Crippen LogP contribution in [0.15, 0.2) is 97.1 Å². The summed E-state index contributed by atoms with van der Waals surface area (Å²) in [6.07, 6.45) is 0. The fourth-order valence-electron chi connectivity index (χ4n) is 2.96. The lowest BCUT2D eigenvalue weighted by Gasteiger charge is -2.10. The Balaban J connectivity index is 1.55. The Bertz CT molecular complexity index is 975. The maximum atomic E-state index is 6.00. The molecule has 2 heteroatoms. The minimum Gasteiger partial charge on any atom is -0.457 e. The summed E-state index contributed by atoms with van der Waals surface area (Å²) in [5.41, 5.74) is 4.59. The molecule has 0 spiro atoms. The largest absolute Gasteiger partial charge is 0.457 e. The Morgan fingerprint density at radius 1 is 0.429 bits per heavy atom. The molecule has 0 fully saturated rings. The lowest BCUT2D eigenvalue weighted by atomic mass is 10.1. The third kappa shape index (κ3) is 4.41. The molecule has 0 bridgehead atoms. The summed E-state index contributed by atoms with van der Waals surface area (Å²) in [7, 11) is 0. The van der Waals surface area contributed by atoms with E-state index in [-0.39, 0.29) is 0 Å². The van der Waals surface area contributed by atoms with E-state index in [0.717, 1.165) is 34.1 Å². The molecule has 4 rings (SSSR count). The SMILES string of the molecule is Cc1ccc(Oc2cccc(-c3cccc(Oc4ccc(C)cc4)c3)c2)cc1. The average Bonchev–Trinajstić information content (AvgIpc) is 2.72. The van der Waals surface area contributed by atoms with Crippen molar-refractivity contribution in [3.05, 3.63) is 108 Å². The van der Waals surface area contributed by atoms with Crippen molar-refractivity contribution in [3.63, 3.8) is 0 Å². The molecule has 0 unspecified atom stereocenters. The molecule has 0 aliphatic rings. The summed E-state index contributed by atoms with van der Waals surface area (Å²) < 4.78 is 12.0. The molecule has 28 heavy (non-hydrogen) atoms. The van der Waals surface area contributed by atoms with Crippen LogP contribution in [0.4, 0.5) is 0 Å². The molecule has 4 aromatic carbocycles. The van der Waals surface area contributed by atoms with Crippen LogP contribution in [-0.4, -0.2) is 0 Å². The Hall–Kier alpha value is -3.52. The lowest BCUT2D eigenvalue weighted by molar-refractivity contribution is 0.481. The van der Waals surface area contributed by atoms with Crippen LogP contribution in [0, 0.1) is 13.8 Å². The van der Waals surface area contributed by atoms with E-state index in [2.05, 4.69) is 26.0 Å². The number of rotatable bonds is 5. The summed E-state index contributed by atoms with van der Waals surface area (Å²) in [6, 6.07) is 32.3. The van der Waals surface area contributed by atoms with Gasteiger partial charge < -0.3 is 9.47 Å². The van der Waals surface area contributed by atoms with Crippen LogP contribution in [0.25, 0.3) is 11.1 Å². The second-order valence-corrected chi connectivity index (χ2v) is 6.89. The minimum absolute atomic E-state index is 0.811. The topological polar surface area (TPSA) is 18.5 Å². The van der Waals surface area contributed by atoms with Crippen LogP contribution in [0.5, 0.6) is 23.0 Å². The highest BCUT2D eigenvalue weighted by Crippen LogP contribution is 2.31. The zero-order chi connectivity index (χ0) is 19.3. The predicted octanol–water partition coefficient (Wildman–Crippen LogP) is 7.56. The molecular weight excluding hydrogens is 344 g/mol. The number of hydrogen-bond donors (Lipinski definition) is 0. The number of ether oxygens (including phenoxy) is 2. The zero-order valence-corrected chi connectivity index (χ0v) is 16.1. The van der Waals surface area contributed by atoms with Crippen molar-refractivity contribution in [3.8, 4) is 34.1 Å². The van der Waals surface area contributed by atoms with E-state index >= 15 is 0 Å². The van der Waals surface area contributed by atoms with E-state index in [4.69, 9.17) is 9.47 Å². The predicted molar refractivity (Wildman–Crippen MR) is 114 cm³/mol. The monoisotopic (exact) mass is 366 g/mol. The smallest absolute Gasteiger partial charge is 0.128 e. The van der Waals surface area contributed by atoms with Crippen LogP contribution in [0.3, 0.4) is 0 Å².